The van der Waals surface area contributed by atoms with Gasteiger partial charge in [0.2, 0.25) is 0 Å². The maximum Gasteiger partial charge on any atom is 0.147 e. The Balaban J connectivity index is 2.21. The summed E-state index contributed by atoms with van der Waals surface area (Å²) in [5.41, 5.74) is 1.23. The van der Waals surface area contributed by atoms with Crippen LogP contribution >= 0.6 is 15.9 Å². The van der Waals surface area contributed by atoms with Crippen molar-refractivity contribution in [3.05, 3.63) is 46.0 Å². The second-order valence-electron chi connectivity index (χ2n) is 3.49. The second-order valence-corrected chi connectivity index (χ2v) is 4.41. The predicted molar refractivity (Wildman–Crippen MR) is 62.7 cm³/mol. The molecular weight excluding hydrogens is 254 g/mol. The van der Waals surface area contributed by atoms with E-state index in [1.165, 1.54) is 5.56 Å². The van der Waals surface area contributed by atoms with Crippen LogP contribution in [-0.2, 0) is 6.54 Å². The van der Waals surface area contributed by atoms with Gasteiger partial charge >= 0.3 is 0 Å². The summed E-state index contributed by atoms with van der Waals surface area (Å²) in [6.07, 6.45) is 0. The molecule has 0 bridgehead atoms. The Labute approximate surface area is 97.3 Å². The molecule has 1 heterocycles. The average Bonchev–Trinajstić information content (AvgIpc) is 2.49. The van der Waals surface area contributed by atoms with Gasteiger partial charge in [0.1, 0.15) is 11.6 Å². The van der Waals surface area contributed by atoms with Crippen LogP contribution in [0.15, 0.2) is 28.7 Å². The lowest BCUT2D eigenvalue weighted by atomic mass is 10.2. The number of benzene rings is 1. The maximum atomic E-state index is 4.32. The van der Waals surface area contributed by atoms with Gasteiger partial charge in [0, 0.05) is 4.47 Å². The van der Waals surface area contributed by atoms with Crippen LogP contribution in [0.3, 0.4) is 0 Å². The number of hydrogen-bond donors (Lipinski definition) is 0. The topological polar surface area (TPSA) is 30.7 Å². The molecule has 0 N–H and O–H groups in total. The molecule has 0 aliphatic heterocycles. The second kappa shape index (κ2) is 4.14. The molecule has 0 radical (unpaired) electrons. The average molecular weight is 266 g/mol. The molecule has 0 aliphatic rings. The van der Waals surface area contributed by atoms with E-state index in [1.807, 2.05) is 30.7 Å². The van der Waals surface area contributed by atoms with E-state index in [-0.39, 0.29) is 0 Å². The van der Waals surface area contributed by atoms with Crippen LogP contribution in [0.1, 0.15) is 17.2 Å². The Morgan fingerprint density at radius 3 is 2.40 bits per heavy atom. The molecule has 2 aromatic rings. The Kier molecular flexibility index (Phi) is 2.86. The van der Waals surface area contributed by atoms with Crippen molar-refractivity contribution < 1.29 is 0 Å². The van der Waals surface area contributed by atoms with Gasteiger partial charge in [0.15, 0.2) is 0 Å². The van der Waals surface area contributed by atoms with Crippen molar-refractivity contribution in [3.8, 4) is 0 Å². The Morgan fingerprint density at radius 2 is 1.87 bits per heavy atom. The van der Waals surface area contributed by atoms with E-state index >= 15 is 0 Å². The largest absolute Gasteiger partial charge is 0.246 e. The fraction of sp³-hybridized carbons (Fsp3) is 0.273. The molecule has 0 atom stereocenters. The first-order valence-corrected chi connectivity index (χ1v) is 5.57. The van der Waals surface area contributed by atoms with Gasteiger partial charge in [-0.3, -0.25) is 0 Å². The highest BCUT2D eigenvalue weighted by Crippen LogP contribution is 2.11. The zero-order valence-corrected chi connectivity index (χ0v) is 10.3. The van der Waals surface area contributed by atoms with Crippen molar-refractivity contribution >= 4 is 15.9 Å². The van der Waals surface area contributed by atoms with Gasteiger partial charge < -0.3 is 0 Å². The zero-order valence-electron chi connectivity index (χ0n) is 8.74. The molecule has 0 unspecified atom stereocenters. The Hall–Kier alpha value is -1.16. The number of aryl methyl sites for hydroxylation is 2. The monoisotopic (exact) mass is 265 g/mol. The van der Waals surface area contributed by atoms with Crippen molar-refractivity contribution in [1.82, 2.24) is 14.8 Å². The van der Waals surface area contributed by atoms with E-state index in [2.05, 4.69) is 38.1 Å². The fourth-order valence-corrected chi connectivity index (χ4v) is 1.74. The van der Waals surface area contributed by atoms with Crippen LogP contribution in [0.2, 0.25) is 0 Å². The number of halogens is 1. The standard InChI is InChI=1S/C11H12BrN3/c1-8-13-9(2)15(14-8)7-10-3-5-11(12)6-4-10/h3-6H,7H2,1-2H3. The van der Waals surface area contributed by atoms with E-state index in [0.717, 1.165) is 22.7 Å². The molecule has 0 fully saturated rings. The molecule has 1 aromatic heterocycles. The lowest BCUT2D eigenvalue weighted by Crippen LogP contribution is -2.03. The molecular formula is C11H12BrN3. The summed E-state index contributed by atoms with van der Waals surface area (Å²) in [7, 11) is 0. The first-order chi connectivity index (χ1) is 7.15. The quantitative estimate of drug-likeness (QED) is 0.836. The number of rotatable bonds is 2. The number of hydrogen-bond acceptors (Lipinski definition) is 2. The summed E-state index contributed by atoms with van der Waals surface area (Å²) in [5, 5.41) is 4.32. The minimum atomic E-state index is 0.778. The summed E-state index contributed by atoms with van der Waals surface area (Å²) in [5.74, 6) is 1.78. The molecule has 0 saturated heterocycles. The smallest absolute Gasteiger partial charge is 0.147 e. The first kappa shape index (κ1) is 10.4. The van der Waals surface area contributed by atoms with E-state index in [1.54, 1.807) is 0 Å². The van der Waals surface area contributed by atoms with E-state index in [0.29, 0.717) is 0 Å². The molecule has 1 aromatic carbocycles. The maximum absolute atomic E-state index is 4.32. The van der Waals surface area contributed by atoms with Crippen LogP contribution in [-0.4, -0.2) is 14.8 Å². The van der Waals surface area contributed by atoms with E-state index in [9.17, 15) is 0 Å². The summed E-state index contributed by atoms with van der Waals surface area (Å²) >= 11 is 3.41. The van der Waals surface area contributed by atoms with Crippen molar-refractivity contribution in [2.45, 2.75) is 20.4 Å². The highest BCUT2D eigenvalue weighted by Gasteiger charge is 2.02. The fourth-order valence-electron chi connectivity index (χ4n) is 1.47. The normalized spacial score (nSPS) is 10.6. The SMILES string of the molecule is Cc1nc(C)n(Cc2ccc(Br)cc2)n1. The number of aromatic nitrogens is 3. The van der Waals surface area contributed by atoms with Gasteiger partial charge in [-0.25, -0.2) is 9.67 Å². The molecule has 2 rings (SSSR count). The molecule has 0 spiro atoms. The van der Waals surface area contributed by atoms with Gasteiger partial charge in [0.25, 0.3) is 0 Å². The van der Waals surface area contributed by atoms with E-state index in [4.69, 9.17) is 0 Å². The molecule has 0 aliphatic carbocycles. The number of nitrogens with zero attached hydrogens (tertiary/aromatic N) is 3. The third-order valence-corrected chi connectivity index (χ3v) is 2.74. The summed E-state index contributed by atoms with van der Waals surface area (Å²) < 4.78 is 3.01. The predicted octanol–water partition coefficient (Wildman–Crippen LogP) is 2.71. The van der Waals surface area contributed by atoms with Gasteiger partial charge in [0.05, 0.1) is 6.54 Å². The van der Waals surface area contributed by atoms with Gasteiger partial charge in [-0.2, -0.15) is 5.10 Å². The van der Waals surface area contributed by atoms with Crippen molar-refractivity contribution in [3.63, 3.8) is 0 Å². The third kappa shape index (κ3) is 2.45. The molecule has 3 nitrogen and oxygen atoms in total. The summed E-state index contributed by atoms with van der Waals surface area (Å²) in [6.45, 7) is 4.66. The molecule has 15 heavy (non-hydrogen) atoms. The minimum absolute atomic E-state index is 0.778. The van der Waals surface area contributed by atoms with Gasteiger partial charge in [-0.1, -0.05) is 28.1 Å². The first-order valence-electron chi connectivity index (χ1n) is 4.77. The van der Waals surface area contributed by atoms with Crippen LogP contribution in [0.4, 0.5) is 0 Å². The molecule has 0 amide bonds. The third-order valence-electron chi connectivity index (χ3n) is 2.21. The molecule has 78 valence electrons. The zero-order chi connectivity index (χ0) is 10.8. The van der Waals surface area contributed by atoms with Gasteiger partial charge in [-0.05, 0) is 31.5 Å². The van der Waals surface area contributed by atoms with Crippen LogP contribution in [0.5, 0.6) is 0 Å². The Morgan fingerprint density at radius 1 is 1.20 bits per heavy atom. The van der Waals surface area contributed by atoms with Crippen molar-refractivity contribution in [2.75, 3.05) is 0 Å². The van der Waals surface area contributed by atoms with Crippen molar-refractivity contribution in [2.24, 2.45) is 0 Å². The lowest BCUT2D eigenvalue weighted by molar-refractivity contribution is 0.656. The highest BCUT2D eigenvalue weighted by molar-refractivity contribution is 9.10. The van der Waals surface area contributed by atoms with Crippen LogP contribution in [0.25, 0.3) is 0 Å². The summed E-state index contributed by atoms with van der Waals surface area (Å²) in [6, 6.07) is 8.24. The van der Waals surface area contributed by atoms with E-state index < -0.39 is 0 Å². The highest BCUT2D eigenvalue weighted by atomic mass is 79.9. The minimum Gasteiger partial charge on any atom is -0.246 e. The molecule has 0 saturated carbocycles. The summed E-state index contributed by atoms with van der Waals surface area (Å²) in [4.78, 5) is 4.27. The lowest BCUT2D eigenvalue weighted by Gasteiger charge is -2.03. The Bertz CT molecular complexity index is 459. The van der Waals surface area contributed by atoms with Crippen LogP contribution in [0, 0.1) is 13.8 Å². The van der Waals surface area contributed by atoms with Crippen LogP contribution < -0.4 is 0 Å². The van der Waals surface area contributed by atoms with Crippen molar-refractivity contribution in [1.29, 1.82) is 0 Å². The molecule has 4 heteroatoms. The van der Waals surface area contributed by atoms with Gasteiger partial charge in [-0.15, -0.1) is 0 Å².